The van der Waals surface area contributed by atoms with Crippen LogP contribution in [0.25, 0.3) is 0 Å². The van der Waals surface area contributed by atoms with Gasteiger partial charge in [-0.25, -0.2) is 0 Å². The van der Waals surface area contributed by atoms with E-state index in [4.69, 9.17) is 0 Å². The molecular weight excluding hydrogens is 122 g/mol. The topological polar surface area (TPSA) is 12.0 Å². The van der Waals surface area contributed by atoms with Gasteiger partial charge in [-0.1, -0.05) is 30.3 Å². The predicted molar refractivity (Wildman–Crippen MR) is 43.5 cm³/mol. The fraction of sp³-hybridized carbons (Fsp3) is 0.222. The maximum absolute atomic E-state index is 2.99. The lowest BCUT2D eigenvalue weighted by atomic mass is 10.2. The van der Waals surface area contributed by atoms with Crippen molar-refractivity contribution < 1.29 is 0 Å². The molecule has 1 heteroatoms. The molecule has 1 radical (unpaired) electrons. The van der Waals surface area contributed by atoms with Gasteiger partial charge in [0.25, 0.3) is 0 Å². The van der Waals surface area contributed by atoms with Crippen LogP contribution in [0.2, 0.25) is 0 Å². The van der Waals surface area contributed by atoms with E-state index in [9.17, 15) is 0 Å². The predicted octanol–water partition coefficient (Wildman–Crippen LogP) is 1.61. The smallest absolute Gasteiger partial charge is 0.0261 e. The Morgan fingerprint density at radius 2 is 2.00 bits per heavy atom. The van der Waals surface area contributed by atoms with Crippen LogP contribution >= 0.6 is 0 Å². The fourth-order valence-electron chi connectivity index (χ4n) is 0.834. The molecule has 0 saturated carbocycles. The molecule has 0 amide bonds. The molecule has 1 aromatic carbocycles. The Morgan fingerprint density at radius 3 is 2.60 bits per heavy atom. The summed E-state index contributed by atoms with van der Waals surface area (Å²) in [7, 11) is 1.92. The van der Waals surface area contributed by atoms with E-state index in [1.54, 1.807) is 0 Å². The number of hydrogen-bond donors (Lipinski definition) is 1. The summed E-state index contributed by atoms with van der Waals surface area (Å²) in [6.07, 6.45) is 0.997. The minimum Gasteiger partial charge on any atom is -0.315 e. The largest absolute Gasteiger partial charge is 0.315 e. The molecule has 0 saturated heterocycles. The van der Waals surface area contributed by atoms with E-state index >= 15 is 0 Å². The molecule has 10 heavy (non-hydrogen) atoms. The van der Waals surface area contributed by atoms with Gasteiger partial charge in [0.05, 0.1) is 0 Å². The zero-order valence-corrected chi connectivity index (χ0v) is 6.17. The van der Waals surface area contributed by atoms with Crippen LogP contribution in [0, 0.1) is 6.54 Å². The van der Waals surface area contributed by atoms with Crippen LogP contribution in [0.1, 0.15) is 5.56 Å². The van der Waals surface area contributed by atoms with Gasteiger partial charge in [-0.2, -0.15) is 0 Å². The first-order valence-corrected chi connectivity index (χ1v) is 3.46. The third-order valence-corrected chi connectivity index (χ3v) is 1.38. The molecule has 0 aliphatic rings. The van der Waals surface area contributed by atoms with Gasteiger partial charge in [-0.05, 0) is 19.0 Å². The van der Waals surface area contributed by atoms with Gasteiger partial charge in [-0.15, -0.1) is 0 Å². The summed E-state index contributed by atoms with van der Waals surface area (Å²) < 4.78 is 0. The van der Waals surface area contributed by atoms with Gasteiger partial charge in [-0.3, -0.25) is 0 Å². The highest BCUT2D eigenvalue weighted by molar-refractivity contribution is 5.15. The first kappa shape index (κ1) is 7.29. The molecule has 0 spiro atoms. The Labute approximate surface area is 62.1 Å². The molecule has 0 heterocycles. The second kappa shape index (κ2) is 4.07. The van der Waals surface area contributed by atoms with Gasteiger partial charge in [0.1, 0.15) is 0 Å². The maximum atomic E-state index is 2.99. The van der Waals surface area contributed by atoms with Crippen molar-refractivity contribution in [3.8, 4) is 0 Å². The third-order valence-electron chi connectivity index (χ3n) is 1.38. The van der Waals surface area contributed by atoms with Crippen LogP contribution in [-0.2, 0) is 6.42 Å². The minimum atomic E-state index is 0.997. The number of rotatable bonds is 3. The van der Waals surface area contributed by atoms with Crippen LogP contribution in [0.15, 0.2) is 30.3 Å². The highest BCUT2D eigenvalue weighted by atomic mass is 14.8. The quantitative estimate of drug-likeness (QED) is 0.662. The molecule has 1 rings (SSSR count). The van der Waals surface area contributed by atoms with Crippen molar-refractivity contribution in [3.63, 3.8) is 0 Å². The van der Waals surface area contributed by atoms with Crippen molar-refractivity contribution in [1.29, 1.82) is 0 Å². The summed E-state index contributed by atoms with van der Waals surface area (Å²) in [6, 6.07) is 10.4. The van der Waals surface area contributed by atoms with E-state index in [0.717, 1.165) is 6.42 Å². The number of benzene rings is 1. The Morgan fingerprint density at radius 1 is 1.30 bits per heavy atom. The first-order valence-electron chi connectivity index (χ1n) is 3.46. The fourth-order valence-corrected chi connectivity index (χ4v) is 0.834. The Bertz CT molecular complexity index is 169. The highest BCUT2D eigenvalue weighted by Gasteiger charge is 1.87. The number of hydrogen-bond acceptors (Lipinski definition) is 1. The Balaban J connectivity index is 2.43. The molecule has 1 nitrogen and oxygen atoms in total. The molecule has 0 aliphatic carbocycles. The lowest BCUT2D eigenvalue weighted by Crippen LogP contribution is -2.02. The third kappa shape index (κ3) is 2.19. The van der Waals surface area contributed by atoms with Crippen molar-refractivity contribution in [2.75, 3.05) is 7.05 Å². The standard InChI is InChI=1S/C9H12N/c1-10-8-7-9-5-3-2-4-6-9/h2-6,8,10H,7H2,1H3. The van der Waals surface area contributed by atoms with Crippen LogP contribution in [-0.4, -0.2) is 7.05 Å². The van der Waals surface area contributed by atoms with Gasteiger partial charge >= 0.3 is 0 Å². The van der Waals surface area contributed by atoms with E-state index in [1.165, 1.54) is 5.56 Å². The van der Waals surface area contributed by atoms with E-state index in [2.05, 4.69) is 29.6 Å². The summed E-state index contributed by atoms with van der Waals surface area (Å²) in [6.45, 7) is 2.04. The van der Waals surface area contributed by atoms with Gasteiger partial charge < -0.3 is 5.32 Å². The summed E-state index contributed by atoms with van der Waals surface area (Å²) >= 11 is 0. The minimum absolute atomic E-state index is 0.997. The number of likely N-dealkylation sites (N-methyl/N-ethyl adjacent to an activating group) is 1. The van der Waals surface area contributed by atoms with Crippen LogP contribution in [0.4, 0.5) is 0 Å². The summed E-state index contributed by atoms with van der Waals surface area (Å²) in [5, 5.41) is 2.99. The first-order chi connectivity index (χ1) is 4.93. The second-order valence-corrected chi connectivity index (χ2v) is 2.18. The molecule has 0 aromatic heterocycles. The highest BCUT2D eigenvalue weighted by Crippen LogP contribution is 1.99. The summed E-state index contributed by atoms with van der Waals surface area (Å²) in [5.74, 6) is 0. The van der Waals surface area contributed by atoms with E-state index in [0.29, 0.717) is 0 Å². The van der Waals surface area contributed by atoms with Crippen molar-refractivity contribution >= 4 is 0 Å². The lowest BCUT2D eigenvalue weighted by molar-refractivity contribution is 0.913. The SMILES string of the molecule is CN[CH]Cc1ccccc1. The molecule has 0 unspecified atom stereocenters. The van der Waals surface area contributed by atoms with E-state index in [1.807, 2.05) is 19.7 Å². The van der Waals surface area contributed by atoms with E-state index < -0.39 is 0 Å². The van der Waals surface area contributed by atoms with Crippen LogP contribution in [0.5, 0.6) is 0 Å². The molecular formula is C9H12N. The monoisotopic (exact) mass is 134 g/mol. The molecule has 1 aromatic rings. The van der Waals surface area contributed by atoms with Crippen molar-refractivity contribution in [1.82, 2.24) is 5.32 Å². The molecule has 0 aliphatic heterocycles. The molecule has 0 atom stereocenters. The van der Waals surface area contributed by atoms with Gasteiger partial charge in [0, 0.05) is 6.54 Å². The maximum Gasteiger partial charge on any atom is 0.0261 e. The Hall–Kier alpha value is -0.820. The Kier molecular flexibility index (Phi) is 2.97. The summed E-state index contributed by atoms with van der Waals surface area (Å²) in [5.41, 5.74) is 1.34. The average molecular weight is 134 g/mol. The van der Waals surface area contributed by atoms with Crippen LogP contribution in [0.3, 0.4) is 0 Å². The molecule has 53 valence electrons. The van der Waals surface area contributed by atoms with Crippen molar-refractivity contribution in [2.24, 2.45) is 0 Å². The second-order valence-electron chi connectivity index (χ2n) is 2.18. The molecule has 0 bridgehead atoms. The van der Waals surface area contributed by atoms with Gasteiger partial charge in [0.15, 0.2) is 0 Å². The van der Waals surface area contributed by atoms with Crippen molar-refractivity contribution in [3.05, 3.63) is 42.4 Å². The zero-order valence-electron chi connectivity index (χ0n) is 6.17. The average Bonchev–Trinajstić information content (AvgIpc) is 2.03. The summed E-state index contributed by atoms with van der Waals surface area (Å²) in [4.78, 5) is 0. The molecule has 0 fully saturated rings. The van der Waals surface area contributed by atoms with Crippen molar-refractivity contribution in [2.45, 2.75) is 6.42 Å². The van der Waals surface area contributed by atoms with Crippen LogP contribution < -0.4 is 5.32 Å². The van der Waals surface area contributed by atoms with E-state index in [-0.39, 0.29) is 0 Å². The normalized spacial score (nSPS) is 9.70. The number of nitrogens with one attached hydrogen (secondary N) is 1. The lowest BCUT2D eigenvalue weighted by Gasteiger charge is -1.97. The zero-order chi connectivity index (χ0) is 7.23. The molecule has 1 N–H and O–H groups in total. The van der Waals surface area contributed by atoms with Gasteiger partial charge in [0.2, 0.25) is 0 Å².